The summed E-state index contributed by atoms with van der Waals surface area (Å²) in [7, 11) is 0. The van der Waals surface area contributed by atoms with E-state index in [-0.39, 0.29) is 23.8 Å². The quantitative estimate of drug-likeness (QED) is 0.682. The van der Waals surface area contributed by atoms with Crippen molar-refractivity contribution >= 4 is 11.8 Å². The van der Waals surface area contributed by atoms with Crippen molar-refractivity contribution in [3.8, 4) is 0 Å². The minimum atomic E-state index is -0.332. The standard InChI is InChI=1S/C10H18N2O2/c1-2-4-9(14)12-10(5-3-6-10)7-8(11)13/h2-7H2,1H3,(H2,11,13)(H,12,14). The van der Waals surface area contributed by atoms with Crippen LogP contribution in [-0.4, -0.2) is 17.4 Å². The highest BCUT2D eigenvalue weighted by Gasteiger charge is 2.39. The van der Waals surface area contributed by atoms with E-state index in [0.717, 1.165) is 25.7 Å². The zero-order valence-electron chi connectivity index (χ0n) is 8.64. The van der Waals surface area contributed by atoms with Crippen molar-refractivity contribution in [3.63, 3.8) is 0 Å². The summed E-state index contributed by atoms with van der Waals surface area (Å²) in [6.45, 7) is 1.96. The summed E-state index contributed by atoms with van der Waals surface area (Å²) in [4.78, 5) is 22.2. The molecule has 4 heteroatoms. The van der Waals surface area contributed by atoms with Crippen LogP contribution >= 0.6 is 0 Å². The zero-order chi connectivity index (χ0) is 10.6. The molecule has 1 aliphatic rings. The van der Waals surface area contributed by atoms with Crippen molar-refractivity contribution in [2.75, 3.05) is 0 Å². The Labute approximate surface area is 84.2 Å². The Kier molecular flexibility index (Phi) is 3.49. The molecule has 2 amide bonds. The lowest BCUT2D eigenvalue weighted by molar-refractivity contribution is -0.126. The molecule has 1 fully saturated rings. The normalized spacial score (nSPS) is 18.4. The molecule has 0 aromatic heterocycles. The Balaban J connectivity index is 2.45. The van der Waals surface area contributed by atoms with E-state index in [4.69, 9.17) is 5.73 Å². The lowest BCUT2D eigenvalue weighted by Crippen LogP contribution is -2.55. The summed E-state index contributed by atoms with van der Waals surface area (Å²) in [5.74, 6) is -0.296. The molecule has 0 heterocycles. The molecule has 1 rings (SSSR count). The van der Waals surface area contributed by atoms with Gasteiger partial charge in [0.25, 0.3) is 0 Å². The van der Waals surface area contributed by atoms with Crippen molar-refractivity contribution in [2.45, 2.75) is 51.0 Å². The molecule has 1 aliphatic carbocycles. The predicted octanol–water partition coefficient (Wildman–Crippen LogP) is 0.701. The van der Waals surface area contributed by atoms with Gasteiger partial charge in [-0.3, -0.25) is 9.59 Å². The fourth-order valence-corrected chi connectivity index (χ4v) is 1.87. The maximum Gasteiger partial charge on any atom is 0.220 e. The summed E-state index contributed by atoms with van der Waals surface area (Å²) in [5, 5.41) is 2.92. The summed E-state index contributed by atoms with van der Waals surface area (Å²) in [6.07, 6.45) is 4.47. The van der Waals surface area contributed by atoms with Gasteiger partial charge < -0.3 is 11.1 Å². The number of nitrogens with one attached hydrogen (secondary N) is 1. The highest BCUT2D eigenvalue weighted by molar-refractivity contribution is 5.80. The van der Waals surface area contributed by atoms with Gasteiger partial charge in [-0.2, -0.15) is 0 Å². The van der Waals surface area contributed by atoms with Crippen LogP contribution in [0.4, 0.5) is 0 Å². The van der Waals surface area contributed by atoms with Crippen LogP contribution < -0.4 is 11.1 Å². The molecule has 0 aromatic rings. The van der Waals surface area contributed by atoms with E-state index in [1.54, 1.807) is 0 Å². The van der Waals surface area contributed by atoms with Crippen LogP contribution in [0, 0.1) is 0 Å². The summed E-state index contributed by atoms with van der Waals surface area (Å²) in [5.41, 5.74) is 4.84. The summed E-state index contributed by atoms with van der Waals surface area (Å²) in [6, 6.07) is 0. The molecular formula is C10H18N2O2. The molecule has 0 spiro atoms. The second-order valence-electron chi connectivity index (χ2n) is 4.08. The number of hydrogen-bond acceptors (Lipinski definition) is 2. The van der Waals surface area contributed by atoms with Crippen molar-refractivity contribution in [2.24, 2.45) is 5.73 Å². The Morgan fingerprint density at radius 1 is 1.43 bits per heavy atom. The average molecular weight is 198 g/mol. The third-order valence-corrected chi connectivity index (χ3v) is 2.70. The van der Waals surface area contributed by atoms with Gasteiger partial charge in [-0.25, -0.2) is 0 Å². The van der Waals surface area contributed by atoms with Gasteiger partial charge in [-0.05, 0) is 25.7 Å². The van der Waals surface area contributed by atoms with Gasteiger partial charge in [0.1, 0.15) is 0 Å². The van der Waals surface area contributed by atoms with E-state index in [1.165, 1.54) is 0 Å². The molecule has 14 heavy (non-hydrogen) atoms. The van der Waals surface area contributed by atoms with Gasteiger partial charge in [0, 0.05) is 18.4 Å². The molecule has 0 saturated heterocycles. The monoisotopic (exact) mass is 198 g/mol. The van der Waals surface area contributed by atoms with E-state index >= 15 is 0 Å². The molecule has 0 unspecified atom stereocenters. The van der Waals surface area contributed by atoms with Crippen LogP contribution in [0.3, 0.4) is 0 Å². The molecule has 1 saturated carbocycles. The predicted molar refractivity (Wildman–Crippen MR) is 53.4 cm³/mol. The second kappa shape index (κ2) is 4.44. The second-order valence-corrected chi connectivity index (χ2v) is 4.08. The van der Waals surface area contributed by atoms with Gasteiger partial charge in [-0.15, -0.1) is 0 Å². The van der Waals surface area contributed by atoms with Gasteiger partial charge in [0.2, 0.25) is 11.8 Å². The minimum absolute atomic E-state index is 0.0356. The van der Waals surface area contributed by atoms with Crippen LogP contribution in [0.15, 0.2) is 0 Å². The highest BCUT2D eigenvalue weighted by Crippen LogP contribution is 2.34. The number of nitrogens with two attached hydrogens (primary N) is 1. The van der Waals surface area contributed by atoms with E-state index in [1.807, 2.05) is 6.92 Å². The molecule has 3 N–H and O–H groups in total. The van der Waals surface area contributed by atoms with Crippen LogP contribution in [0.5, 0.6) is 0 Å². The summed E-state index contributed by atoms with van der Waals surface area (Å²) < 4.78 is 0. The van der Waals surface area contributed by atoms with Crippen LogP contribution in [0.2, 0.25) is 0 Å². The Morgan fingerprint density at radius 2 is 2.07 bits per heavy atom. The van der Waals surface area contributed by atoms with Gasteiger partial charge in [0.15, 0.2) is 0 Å². The molecule has 80 valence electrons. The van der Waals surface area contributed by atoms with Crippen LogP contribution in [0.1, 0.15) is 45.4 Å². The number of carbonyl (C=O) groups is 2. The Hall–Kier alpha value is -1.06. The van der Waals surface area contributed by atoms with Crippen molar-refractivity contribution in [3.05, 3.63) is 0 Å². The number of rotatable bonds is 5. The van der Waals surface area contributed by atoms with Crippen molar-refractivity contribution in [1.82, 2.24) is 5.32 Å². The van der Waals surface area contributed by atoms with Crippen molar-refractivity contribution in [1.29, 1.82) is 0 Å². The lowest BCUT2D eigenvalue weighted by Gasteiger charge is -2.41. The smallest absolute Gasteiger partial charge is 0.220 e. The zero-order valence-corrected chi connectivity index (χ0v) is 8.64. The summed E-state index contributed by atoms with van der Waals surface area (Å²) >= 11 is 0. The van der Waals surface area contributed by atoms with Crippen molar-refractivity contribution < 1.29 is 9.59 Å². The fourth-order valence-electron chi connectivity index (χ4n) is 1.87. The number of hydrogen-bond donors (Lipinski definition) is 2. The first-order chi connectivity index (χ1) is 6.58. The highest BCUT2D eigenvalue weighted by atomic mass is 16.2. The topological polar surface area (TPSA) is 72.2 Å². The third kappa shape index (κ3) is 2.72. The average Bonchev–Trinajstić information content (AvgIpc) is 1.99. The molecule has 0 aromatic carbocycles. The first-order valence-corrected chi connectivity index (χ1v) is 5.17. The minimum Gasteiger partial charge on any atom is -0.370 e. The molecule has 0 radical (unpaired) electrons. The molecule has 0 bridgehead atoms. The van der Waals surface area contributed by atoms with E-state index < -0.39 is 0 Å². The number of amides is 2. The first-order valence-electron chi connectivity index (χ1n) is 5.17. The molecular weight excluding hydrogens is 180 g/mol. The molecule has 4 nitrogen and oxygen atoms in total. The van der Waals surface area contributed by atoms with Gasteiger partial charge in [0.05, 0.1) is 0 Å². The Morgan fingerprint density at radius 3 is 2.43 bits per heavy atom. The SMILES string of the molecule is CCCC(=O)NC1(CC(N)=O)CCC1. The first kappa shape index (κ1) is 11.0. The number of carbonyl (C=O) groups excluding carboxylic acids is 2. The maximum atomic E-state index is 11.4. The van der Waals surface area contributed by atoms with Crippen LogP contribution in [0.25, 0.3) is 0 Å². The number of primary amides is 1. The third-order valence-electron chi connectivity index (χ3n) is 2.70. The lowest BCUT2D eigenvalue weighted by atomic mass is 9.74. The van der Waals surface area contributed by atoms with Gasteiger partial charge >= 0.3 is 0 Å². The fraction of sp³-hybridized carbons (Fsp3) is 0.800. The molecule has 0 atom stereocenters. The maximum absolute atomic E-state index is 11.4. The Bertz CT molecular complexity index is 234. The van der Waals surface area contributed by atoms with Gasteiger partial charge in [-0.1, -0.05) is 6.92 Å². The molecule has 0 aliphatic heterocycles. The largest absolute Gasteiger partial charge is 0.370 e. The van der Waals surface area contributed by atoms with E-state index in [2.05, 4.69) is 5.32 Å². The van der Waals surface area contributed by atoms with Crippen LogP contribution in [-0.2, 0) is 9.59 Å². The van der Waals surface area contributed by atoms with E-state index in [0.29, 0.717) is 6.42 Å². The van der Waals surface area contributed by atoms with E-state index in [9.17, 15) is 9.59 Å².